The van der Waals surface area contributed by atoms with Crippen LogP contribution in [0.4, 0.5) is 10.1 Å². The highest BCUT2D eigenvalue weighted by molar-refractivity contribution is 7.10. The Morgan fingerprint density at radius 2 is 1.71 bits per heavy atom. The predicted octanol–water partition coefficient (Wildman–Crippen LogP) is 4.80. The van der Waals surface area contributed by atoms with Gasteiger partial charge in [0.15, 0.2) is 0 Å². The van der Waals surface area contributed by atoms with Crippen molar-refractivity contribution in [2.75, 3.05) is 37.6 Å². The van der Waals surface area contributed by atoms with Crippen molar-refractivity contribution in [3.63, 3.8) is 0 Å². The molecule has 0 aliphatic carbocycles. The molecule has 0 radical (unpaired) electrons. The summed E-state index contributed by atoms with van der Waals surface area (Å²) in [5, 5.41) is 2.10. The largest absolute Gasteiger partial charge is 0.366 e. The highest BCUT2D eigenvalue weighted by Crippen LogP contribution is 2.38. The molecule has 1 unspecified atom stereocenters. The van der Waals surface area contributed by atoms with E-state index in [-0.39, 0.29) is 36.5 Å². The van der Waals surface area contributed by atoms with Gasteiger partial charge in [-0.1, -0.05) is 42.0 Å². The summed E-state index contributed by atoms with van der Waals surface area (Å²) in [6, 6.07) is 17.1. The van der Waals surface area contributed by atoms with Crippen LogP contribution >= 0.6 is 11.3 Å². The van der Waals surface area contributed by atoms with Crippen LogP contribution in [0.25, 0.3) is 0 Å². The zero-order chi connectivity index (χ0) is 24.4. The van der Waals surface area contributed by atoms with Gasteiger partial charge in [-0.3, -0.25) is 9.59 Å². The quantitative estimate of drug-likeness (QED) is 0.515. The second kappa shape index (κ2) is 10.2. The number of aryl methyl sites for hydroxylation is 1. The van der Waals surface area contributed by atoms with E-state index in [1.807, 2.05) is 21.9 Å². The lowest BCUT2D eigenvalue weighted by Gasteiger charge is -2.37. The average Bonchev–Trinajstić information content (AvgIpc) is 3.36. The Bertz CT molecular complexity index is 1220. The normalized spacial score (nSPS) is 17.9. The van der Waals surface area contributed by atoms with Gasteiger partial charge in [-0.25, -0.2) is 4.39 Å². The van der Waals surface area contributed by atoms with Crippen LogP contribution in [-0.2, 0) is 16.0 Å². The molecule has 1 fully saturated rings. The zero-order valence-corrected chi connectivity index (χ0v) is 20.8. The minimum absolute atomic E-state index is 0.00753. The first kappa shape index (κ1) is 23.5. The molecule has 0 saturated carbocycles. The molecule has 0 spiro atoms. The molecule has 1 aromatic heterocycles. The molecule has 35 heavy (non-hydrogen) atoms. The SMILES string of the molecule is Cc1cccc(C2c3ccsc3CCN2C(=O)CCC(=O)N2CCN(c3ccccc3F)CC2)c1. The van der Waals surface area contributed by atoms with Gasteiger partial charge < -0.3 is 14.7 Å². The summed E-state index contributed by atoms with van der Waals surface area (Å²) in [6.45, 7) is 4.98. The Kier molecular flexibility index (Phi) is 6.86. The summed E-state index contributed by atoms with van der Waals surface area (Å²) in [5.41, 5.74) is 4.07. The molecule has 0 bridgehead atoms. The molecule has 2 amide bonds. The van der Waals surface area contributed by atoms with Crippen LogP contribution in [0.3, 0.4) is 0 Å². The van der Waals surface area contributed by atoms with Crippen LogP contribution in [0.5, 0.6) is 0 Å². The summed E-state index contributed by atoms with van der Waals surface area (Å²) in [5.74, 6) is -0.227. The number of para-hydroxylation sites is 1. The molecule has 5 rings (SSSR count). The molecule has 2 aromatic carbocycles. The molecule has 2 aliphatic heterocycles. The summed E-state index contributed by atoms with van der Waals surface area (Å²) in [4.78, 5) is 33.3. The number of rotatable bonds is 5. The maximum Gasteiger partial charge on any atom is 0.223 e. The number of halogens is 1. The number of amides is 2. The van der Waals surface area contributed by atoms with Crippen LogP contribution in [-0.4, -0.2) is 54.3 Å². The summed E-state index contributed by atoms with van der Waals surface area (Å²) in [6.07, 6.45) is 1.26. The van der Waals surface area contributed by atoms with Crippen molar-refractivity contribution >= 4 is 28.8 Å². The van der Waals surface area contributed by atoms with E-state index < -0.39 is 0 Å². The first-order valence-corrected chi connectivity index (χ1v) is 13.1. The van der Waals surface area contributed by atoms with Gasteiger partial charge in [-0.05, 0) is 48.1 Å². The highest BCUT2D eigenvalue weighted by atomic mass is 32.1. The summed E-state index contributed by atoms with van der Waals surface area (Å²) >= 11 is 1.75. The second-order valence-corrected chi connectivity index (χ2v) is 10.3. The van der Waals surface area contributed by atoms with E-state index in [0.717, 1.165) is 12.0 Å². The Morgan fingerprint density at radius 3 is 2.49 bits per heavy atom. The Labute approximate surface area is 209 Å². The molecular weight excluding hydrogens is 461 g/mol. The number of thiophene rings is 1. The van der Waals surface area contributed by atoms with Gasteiger partial charge in [-0.15, -0.1) is 11.3 Å². The highest BCUT2D eigenvalue weighted by Gasteiger charge is 2.33. The zero-order valence-electron chi connectivity index (χ0n) is 20.0. The summed E-state index contributed by atoms with van der Waals surface area (Å²) < 4.78 is 14.1. The predicted molar refractivity (Wildman–Crippen MR) is 137 cm³/mol. The maximum absolute atomic E-state index is 14.1. The van der Waals surface area contributed by atoms with Gasteiger partial charge in [0.25, 0.3) is 0 Å². The number of hydrogen-bond donors (Lipinski definition) is 0. The molecule has 182 valence electrons. The van der Waals surface area contributed by atoms with E-state index in [9.17, 15) is 14.0 Å². The van der Waals surface area contributed by atoms with E-state index >= 15 is 0 Å². The lowest BCUT2D eigenvalue weighted by Crippen LogP contribution is -2.49. The minimum Gasteiger partial charge on any atom is -0.366 e. The molecule has 3 aromatic rings. The van der Waals surface area contributed by atoms with Crippen LogP contribution < -0.4 is 4.90 Å². The second-order valence-electron chi connectivity index (χ2n) is 9.27. The molecule has 1 atom stereocenters. The molecule has 1 saturated heterocycles. The number of nitrogens with zero attached hydrogens (tertiary/aromatic N) is 3. The van der Waals surface area contributed by atoms with Crippen molar-refractivity contribution in [1.82, 2.24) is 9.80 Å². The van der Waals surface area contributed by atoms with Gasteiger partial charge in [0.05, 0.1) is 11.7 Å². The van der Waals surface area contributed by atoms with E-state index in [2.05, 4.69) is 36.6 Å². The molecule has 3 heterocycles. The van der Waals surface area contributed by atoms with Crippen molar-refractivity contribution in [3.05, 3.63) is 87.4 Å². The Hall–Kier alpha value is -3.19. The van der Waals surface area contributed by atoms with Crippen molar-refractivity contribution in [3.8, 4) is 0 Å². The van der Waals surface area contributed by atoms with Crippen LogP contribution in [0.2, 0.25) is 0 Å². The summed E-state index contributed by atoms with van der Waals surface area (Å²) in [7, 11) is 0. The van der Waals surface area contributed by atoms with Gasteiger partial charge in [0, 0.05) is 50.4 Å². The molecule has 7 heteroatoms. The standard InChI is InChI=1S/C28H30FN3O2S/c1-20-5-4-6-21(19-20)28-22-12-18-35-25(22)11-13-32(28)27(34)10-9-26(33)31-16-14-30(15-17-31)24-8-3-2-7-23(24)29/h2-8,12,18-19,28H,9-11,13-17H2,1H3. The van der Waals surface area contributed by atoms with Crippen LogP contribution in [0.1, 0.15) is 40.5 Å². The number of fused-ring (bicyclic) bond motifs is 1. The van der Waals surface area contributed by atoms with Gasteiger partial charge in [0.2, 0.25) is 11.8 Å². The third-order valence-corrected chi connectivity index (χ3v) is 8.02. The average molecular weight is 492 g/mol. The molecule has 0 N–H and O–H groups in total. The van der Waals surface area contributed by atoms with E-state index in [1.54, 1.807) is 28.4 Å². The van der Waals surface area contributed by atoms with Crippen molar-refractivity contribution in [2.24, 2.45) is 0 Å². The number of hydrogen-bond acceptors (Lipinski definition) is 4. The fourth-order valence-corrected chi connectivity index (χ4v) is 6.11. The number of benzene rings is 2. The number of carbonyl (C=O) groups is 2. The number of piperazine rings is 1. The molecule has 5 nitrogen and oxygen atoms in total. The van der Waals surface area contributed by atoms with Crippen LogP contribution in [0, 0.1) is 12.7 Å². The fraction of sp³-hybridized carbons (Fsp3) is 0.357. The first-order valence-electron chi connectivity index (χ1n) is 12.2. The Balaban J connectivity index is 1.21. The smallest absolute Gasteiger partial charge is 0.223 e. The Morgan fingerprint density at radius 1 is 0.943 bits per heavy atom. The fourth-order valence-electron chi connectivity index (χ4n) is 5.21. The lowest BCUT2D eigenvalue weighted by molar-refractivity contribution is -0.138. The first-order chi connectivity index (χ1) is 17.0. The van der Waals surface area contributed by atoms with Gasteiger partial charge in [-0.2, -0.15) is 0 Å². The van der Waals surface area contributed by atoms with E-state index in [4.69, 9.17) is 0 Å². The maximum atomic E-state index is 14.1. The number of anilines is 1. The third kappa shape index (κ3) is 4.96. The van der Waals surface area contributed by atoms with E-state index in [1.165, 1.54) is 22.1 Å². The van der Waals surface area contributed by atoms with Gasteiger partial charge >= 0.3 is 0 Å². The number of carbonyl (C=O) groups excluding carboxylic acids is 2. The molecule has 2 aliphatic rings. The third-order valence-electron chi connectivity index (χ3n) is 7.02. The van der Waals surface area contributed by atoms with Crippen molar-refractivity contribution in [1.29, 1.82) is 0 Å². The topological polar surface area (TPSA) is 43.9 Å². The molecular formula is C28H30FN3O2S. The van der Waals surface area contributed by atoms with E-state index in [0.29, 0.717) is 38.4 Å². The van der Waals surface area contributed by atoms with Crippen LogP contribution in [0.15, 0.2) is 60.0 Å². The van der Waals surface area contributed by atoms with Crippen molar-refractivity contribution < 1.29 is 14.0 Å². The monoisotopic (exact) mass is 491 g/mol. The van der Waals surface area contributed by atoms with Crippen molar-refractivity contribution in [2.45, 2.75) is 32.2 Å². The van der Waals surface area contributed by atoms with Gasteiger partial charge in [0.1, 0.15) is 5.82 Å². The lowest BCUT2D eigenvalue weighted by atomic mass is 9.92. The minimum atomic E-state index is -0.239.